The van der Waals surface area contributed by atoms with Gasteiger partial charge in [0, 0.05) is 37.7 Å². The minimum absolute atomic E-state index is 0.0563. The van der Waals surface area contributed by atoms with Crippen LogP contribution in [0.15, 0.2) is 42.5 Å². The molecule has 1 aliphatic rings. The number of amides is 3. The van der Waals surface area contributed by atoms with Crippen LogP contribution in [0.2, 0.25) is 0 Å². The fourth-order valence-electron chi connectivity index (χ4n) is 3.41. The first-order valence-corrected chi connectivity index (χ1v) is 9.04. The average molecular weight is 369 g/mol. The Bertz CT molecular complexity index is 816. The number of urea groups is 1. The SMILES string of the molecule is Cc1cc(C)cc(NC(=O)NCC2CC(=O)N(Cc3ccc(F)cc3)C2)c1. The summed E-state index contributed by atoms with van der Waals surface area (Å²) in [5.41, 5.74) is 3.82. The Hall–Kier alpha value is -2.89. The van der Waals surface area contributed by atoms with E-state index in [1.54, 1.807) is 17.0 Å². The lowest BCUT2D eigenvalue weighted by Crippen LogP contribution is -2.34. The molecule has 0 aliphatic carbocycles. The Morgan fingerprint density at radius 1 is 1.15 bits per heavy atom. The number of anilines is 1. The minimum atomic E-state index is -0.289. The van der Waals surface area contributed by atoms with Crippen LogP contribution in [0.25, 0.3) is 0 Å². The normalized spacial score (nSPS) is 16.5. The molecule has 0 saturated carbocycles. The fraction of sp³-hybridized carbons (Fsp3) is 0.333. The Balaban J connectivity index is 1.48. The standard InChI is InChI=1S/C21H24FN3O2/c1-14-7-15(2)9-19(8-14)24-21(27)23-11-17-10-20(26)25(13-17)12-16-3-5-18(22)6-4-16/h3-9,17H,10-13H2,1-2H3,(H2,23,24,27). The molecule has 2 N–H and O–H groups in total. The van der Waals surface area contributed by atoms with Crippen molar-refractivity contribution >= 4 is 17.6 Å². The molecule has 2 aromatic carbocycles. The molecule has 27 heavy (non-hydrogen) atoms. The van der Waals surface area contributed by atoms with Gasteiger partial charge in [-0.05, 0) is 54.8 Å². The van der Waals surface area contributed by atoms with Gasteiger partial charge in [0.1, 0.15) is 5.82 Å². The maximum absolute atomic E-state index is 13.0. The first-order chi connectivity index (χ1) is 12.9. The molecule has 1 unspecified atom stereocenters. The highest BCUT2D eigenvalue weighted by Gasteiger charge is 2.29. The van der Waals surface area contributed by atoms with Crippen molar-refractivity contribution in [2.24, 2.45) is 5.92 Å². The van der Waals surface area contributed by atoms with Crippen LogP contribution in [0.5, 0.6) is 0 Å². The van der Waals surface area contributed by atoms with Crippen LogP contribution in [-0.2, 0) is 11.3 Å². The van der Waals surface area contributed by atoms with Gasteiger partial charge in [-0.15, -0.1) is 0 Å². The van der Waals surface area contributed by atoms with E-state index < -0.39 is 0 Å². The zero-order valence-corrected chi connectivity index (χ0v) is 15.6. The van der Waals surface area contributed by atoms with Crippen LogP contribution in [0, 0.1) is 25.6 Å². The molecule has 1 fully saturated rings. The lowest BCUT2D eigenvalue weighted by atomic mass is 10.1. The lowest BCUT2D eigenvalue weighted by Gasteiger charge is -2.17. The summed E-state index contributed by atoms with van der Waals surface area (Å²) in [6, 6.07) is 11.8. The number of carbonyl (C=O) groups is 2. The molecule has 3 rings (SSSR count). The lowest BCUT2D eigenvalue weighted by molar-refractivity contribution is -0.128. The molecule has 0 aromatic heterocycles. The van der Waals surface area contributed by atoms with Crippen LogP contribution in [-0.4, -0.2) is 29.9 Å². The van der Waals surface area contributed by atoms with Crippen molar-refractivity contribution in [2.45, 2.75) is 26.8 Å². The first kappa shape index (κ1) is 18.9. The fourth-order valence-corrected chi connectivity index (χ4v) is 3.41. The van der Waals surface area contributed by atoms with Crippen molar-refractivity contribution in [1.29, 1.82) is 0 Å². The monoisotopic (exact) mass is 369 g/mol. The molecule has 2 aromatic rings. The number of aryl methyl sites for hydroxylation is 2. The number of carbonyl (C=O) groups excluding carboxylic acids is 2. The molecule has 6 heteroatoms. The zero-order valence-electron chi connectivity index (χ0n) is 15.6. The zero-order chi connectivity index (χ0) is 19.4. The predicted octanol–water partition coefficient (Wildman–Crippen LogP) is 3.61. The van der Waals surface area contributed by atoms with Gasteiger partial charge in [0.05, 0.1) is 0 Å². The number of rotatable bonds is 5. The van der Waals surface area contributed by atoms with E-state index >= 15 is 0 Å². The molecule has 1 saturated heterocycles. The Kier molecular flexibility index (Phi) is 5.74. The van der Waals surface area contributed by atoms with Crippen LogP contribution in [0.4, 0.5) is 14.9 Å². The van der Waals surface area contributed by atoms with Gasteiger partial charge in [0.25, 0.3) is 0 Å². The summed E-state index contributed by atoms with van der Waals surface area (Å²) in [5.74, 6) is -0.160. The summed E-state index contributed by atoms with van der Waals surface area (Å²) in [5, 5.41) is 5.68. The molecule has 1 heterocycles. The quantitative estimate of drug-likeness (QED) is 0.846. The molecule has 142 valence electrons. The minimum Gasteiger partial charge on any atom is -0.338 e. The topological polar surface area (TPSA) is 61.4 Å². The van der Waals surface area contributed by atoms with Gasteiger partial charge in [-0.1, -0.05) is 18.2 Å². The van der Waals surface area contributed by atoms with Crippen molar-refractivity contribution in [1.82, 2.24) is 10.2 Å². The van der Waals surface area contributed by atoms with E-state index in [9.17, 15) is 14.0 Å². The molecular weight excluding hydrogens is 345 g/mol. The van der Waals surface area contributed by atoms with Gasteiger partial charge in [0.2, 0.25) is 5.91 Å². The molecular formula is C21H24FN3O2. The van der Waals surface area contributed by atoms with Crippen molar-refractivity contribution in [3.05, 3.63) is 65.0 Å². The third kappa shape index (κ3) is 5.29. The predicted molar refractivity (Wildman–Crippen MR) is 103 cm³/mol. The van der Waals surface area contributed by atoms with E-state index in [1.165, 1.54) is 12.1 Å². The highest BCUT2D eigenvalue weighted by molar-refractivity contribution is 5.89. The summed E-state index contributed by atoms with van der Waals surface area (Å²) >= 11 is 0. The van der Waals surface area contributed by atoms with Crippen molar-refractivity contribution in [2.75, 3.05) is 18.4 Å². The van der Waals surface area contributed by atoms with Gasteiger partial charge in [-0.3, -0.25) is 4.79 Å². The van der Waals surface area contributed by atoms with E-state index in [4.69, 9.17) is 0 Å². The summed E-state index contributed by atoms with van der Waals surface area (Å²) in [6.07, 6.45) is 0.408. The number of nitrogens with zero attached hydrogens (tertiary/aromatic N) is 1. The molecule has 0 radical (unpaired) electrons. The third-order valence-electron chi connectivity index (χ3n) is 4.61. The smallest absolute Gasteiger partial charge is 0.319 e. The molecule has 0 bridgehead atoms. The van der Waals surface area contributed by atoms with E-state index in [-0.39, 0.29) is 23.7 Å². The van der Waals surface area contributed by atoms with E-state index in [0.717, 1.165) is 22.4 Å². The second-order valence-electron chi connectivity index (χ2n) is 7.18. The number of likely N-dealkylation sites (tertiary alicyclic amines) is 1. The molecule has 0 spiro atoms. The second kappa shape index (κ2) is 8.20. The van der Waals surface area contributed by atoms with Gasteiger partial charge in [-0.25, -0.2) is 9.18 Å². The van der Waals surface area contributed by atoms with Crippen LogP contribution in [0.3, 0.4) is 0 Å². The van der Waals surface area contributed by atoms with Gasteiger partial charge < -0.3 is 15.5 Å². The Morgan fingerprint density at radius 3 is 2.48 bits per heavy atom. The average Bonchev–Trinajstić information content (AvgIpc) is 2.94. The number of nitrogens with one attached hydrogen (secondary N) is 2. The number of halogens is 1. The highest BCUT2D eigenvalue weighted by Crippen LogP contribution is 2.20. The van der Waals surface area contributed by atoms with Crippen molar-refractivity contribution < 1.29 is 14.0 Å². The van der Waals surface area contributed by atoms with Gasteiger partial charge >= 0.3 is 6.03 Å². The van der Waals surface area contributed by atoms with Crippen molar-refractivity contribution in [3.63, 3.8) is 0 Å². The summed E-state index contributed by atoms with van der Waals surface area (Å²) in [4.78, 5) is 26.1. The maximum Gasteiger partial charge on any atom is 0.319 e. The summed E-state index contributed by atoms with van der Waals surface area (Å²) in [7, 11) is 0. The molecule has 1 atom stereocenters. The van der Waals surface area contributed by atoms with Crippen LogP contribution < -0.4 is 10.6 Å². The van der Waals surface area contributed by atoms with Crippen LogP contribution >= 0.6 is 0 Å². The van der Waals surface area contributed by atoms with E-state index in [2.05, 4.69) is 10.6 Å². The summed E-state index contributed by atoms with van der Waals surface area (Å²) < 4.78 is 13.0. The largest absolute Gasteiger partial charge is 0.338 e. The molecule has 5 nitrogen and oxygen atoms in total. The van der Waals surface area contributed by atoms with Gasteiger partial charge in [0.15, 0.2) is 0 Å². The van der Waals surface area contributed by atoms with E-state index in [1.807, 2.05) is 32.0 Å². The Morgan fingerprint density at radius 2 is 1.81 bits per heavy atom. The highest BCUT2D eigenvalue weighted by atomic mass is 19.1. The number of hydrogen-bond donors (Lipinski definition) is 2. The third-order valence-corrected chi connectivity index (χ3v) is 4.61. The molecule has 3 amide bonds. The Labute approximate surface area is 158 Å². The first-order valence-electron chi connectivity index (χ1n) is 9.04. The summed E-state index contributed by atoms with van der Waals surface area (Å²) in [6.45, 7) is 5.44. The van der Waals surface area contributed by atoms with E-state index in [0.29, 0.717) is 26.1 Å². The van der Waals surface area contributed by atoms with Crippen molar-refractivity contribution in [3.8, 4) is 0 Å². The van der Waals surface area contributed by atoms with Crippen LogP contribution in [0.1, 0.15) is 23.1 Å². The number of hydrogen-bond acceptors (Lipinski definition) is 2. The number of benzene rings is 2. The van der Waals surface area contributed by atoms with Gasteiger partial charge in [-0.2, -0.15) is 0 Å². The maximum atomic E-state index is 13.0. The molecule has 1 aliphatic heterocycles. The second-order valence-corrected chi connectivity index (χ2v) is 7.18.